The molecule has 3 aliphatic rings. The van der Waals surface area contributed by atoms with Gasteiger partial charge in [-0.15, -0.1) is 0 Å². The minimum absolute atomic E-state index is 0.119. The number of hydrazone groups is 1. The maximum absolute atomic E-state index is 13.6. The number of carbonyl (C=O) groups is 2. The molecule has 6 rings (SSSR count). The summed E-state index contributed by atoms with van der Waals surface area (Å²) in [7, 11) is 0. The van der Waals surface area contributed by atoms with Gasteiger partial charge >= 0.3 is 0 Å². The highest BCUT2D eigenvalue weighted by Crippen LogP contribution is 2.42. The molecule has 0 aliphatic carbocycles. The summed E-state index contributed by atoms with van der Waals surface area (Å²) in [6.07, 6.45) is 0. The Balaban J connectivity index is 1.46. The van der Waals surface area contributed by atoms with Gasteiger partial charge in [-0.1, -0.05) is 46.3 Å². The maximum atomic E-state index is 13.6. The van der Waals surface area contributed by atoms with Crippen molar-refractivity contribution in [3.63, 3.8) is 0 Å². The average molecular weight is 490 g/mol. The van der Waals surface area contributed by atoms with E-state index < -0.39 is 12.0 Å². The standard InChI is InChI=1S/C24H16BrN3O4/c25-15-8-6-14(7-9-15)21-20-22(28(26-21)16-4-2-1-3-5-16)24(30)27(23(20)29)17-10-11-18-19(12-17)32-13-31-18/h1-12,20,22H,13H2/t20-,22+/m1/s1. The molecule has 0 saturated carbocycles. The summed E-state index contributed by atoms with van der Waals surface area (Å²) in [5.41, 5.74) is 2.59. The van der Waals surface area contributed by atoms with Gasteiger partial charge in [0, 0.05) is 10.5 Å². The molecule has 0 bridgehead atoms. The van der Waals surface area contributed by atoms with Gasteiger partial charge in [0.2, 0.25) is 12.7 Å². The molecule has 0 spiro atoms. The van der Waals surface area contributed by atoms with Crippen LogP contribution in [0.1, 0.15) is 5.56 Å². The van der Waals surface area contributed by atoms with Crippen molar-refractivity contribution in [2.45, 2.75) is 6.04 Å². The molecule has 0 radical (unpaired) electrons. The molecule has 3 aromatic rings. The molecule has 158 valence electrons. The van der Waals surface area contributed by atoms with Crippen molar-refractivity contribution < 1.29 is 19.1 Å². The van der Waals surface area contributed by atoms with Crippen LogP contribution in [-0.4, -0.2) is 30.4 Å². The first-order chi connectivity index (χ1) is 15.6. The molecule has 0 N–H and O–H groups in total. The summed E-state index contributed by atoms with van der Waals surface area (Å²) in [4.78, 5) is 28.5. The summed E-state index contributed by atoms with van der Waals surface area (Å²) in [6.45, 7) is 0.119. The summed E-state index contributed by atoms with van der Waals surface area (Å²) < 4.78 is 11.7. The van der Waals surface area contributed by atoms with Crippen LogP contribution in [0.25, 0.3) is 0 Å². The summed E-state index contributed by atoms with van der Waals surface area (Å²) in [5, 5.41) is 6.41. The predicted octanol–water partition coefficient (Wildman–Crippen LogP) is 3.96. The molecular weight excluding hydrogens is 474 g/mol. The molecule has 32 heavy (non-hydrogen) atoms. The fourth-order valence-corrected chi connectivity index (χ4v) is 4.61. The van der Waals surface area contributed by atoms with E-state index in [4.69, 9.17) is 14.6 Å². The van der Waals surface area contributed by atoms with E-state index in [1.54, 1.807) is 23.2 Å². The van der Waals surface area contributed by atoms with Crippen LogP contribution in [0.4, 0.5) is 11.4 Å². The second-order valence-corrected chi connectivity index (χ2v) is 8.56. The smallest absolute Gasteiger partial charge is 0.259 e. The van der Waals surface area contributed by atoms with E-state index in [1.165, 1.54) is 4.90 Å². The molecule has 1 saturated heterocycles. The van der Waals surface area contributed by atoms with Crippen LogP contribution in [0.3, 0.4) is 0 Å². The van der Waals surface area contributed by atoms with Crippen molar-refractivity contribution in [1.29, 1.82) is 0 Å². The second kappa shape index (κ2) is 7.20. The zero-order chi connectivity index (χ0) is 21.8. The Kier molecular flexibility index (Phi) is 4.29. The van der Waals surface area contributed by atoms with Crippen LogP contribution in [-0.2, 0) is 9.59 Å². The zero-order valence-electron chi connectivity index (χ0n) is 16.6. The lowest BCUT2D eigenvalue weighted by atomic mass is 9.93. The minimum Gasteiger partial charge on any atom is -0.454 e. The second-order valence-electron chi connectivity index (χ2n) is 7.64. The zero-order valence-corrected chi connectivity index (χ0v) is 18.2. The normalized spacial score (nSPS) is 21.2. The third kappa shape index (κ3) is 2.83. The van der Waals surface area contributed by atoms with E-state index in [1.807, 2.05) is 54.6 Å². The largest absolute Gasteiger partial charge is 0.454 e. The van der Waals surface area contributed by atoms with Crippen molar-refractivity contribution in [2.75, 3.05) is 16.7 Å². The van der Waals surface area contributed by atoms with Gasteiger partial charge in [0.15, 0.2) is 11.5 Å². The number of halogens is 1. The lowest BCUT2D eigenvalue weighted by Crippen LogP contribution is -2.39. The number of para-hydroxylation sites is 1. The summed E-state index contributed by atoms with van der Waals surface area (Å²) >= 11 is 3.44. The van der Waals surface area contributed by atoms with Crippen LogP contribution >= 0.6 is 15.9 Å². The number of nitrogens with zero attached hydrogens (tertiary/aromatic N) is 3. The van der Waals surface area contributed by atoms with Crippen LogP contribution in [0.5, 0.6) is 11.5 Å². The summed E-state index contributed by atoms with van der Waals surface area (Å²) in [6, 6.07) is 21.3. The molecule has 1 fully saturated rings. The summed E-state index contributed by atoms with van der Waals surface area (Å²) in [5.74, 6) is -0.232. The molecule has 0 unspecified atom stereocenters. The SMILES string of the molecule is O=C1[C@@H]2C(c3ccc(Br)cc3)=NN(c3ccccc3)[C@@H]2C(=O)N1c1ccc2c(c1)OCO2. The average Bonchev–Trinajstić information content (AvgIpc) is 3.50. The lowest BCUT2D eigenvalue weighted by Gasteiger charge is -2.22. The van der Waals surface area contributed by atoms with Gasteiger partial charge in [0.1, 0.15) is 12.0 Å². The number of hydrogen-bond acceptors (Lipinski definition) is 6. The first-order valence-corrected chi connectivity index (χ1v) is 10.9. The quantitative estimate of drug-likeness (QED) is 0.520. The Morgan fingerprint density at radius 2 is 1.59 bits per heavy atom. The molecule has 3 aromatic carbocycles. The number of ether oxygens (including phenoxy) is 2. The molecule has 3 heterocycles. The van der Waals surface area contributed by atoms with E-state index in [2.05, 4.69) is 15.9 Å². The number of anilines is 2. The Bertz CT molecular complexity index is 1280. The van der Waals surface area contributed by atoms with Gasteiger partial charge in [-0.3, -0.25) is 14.6 Å². The van der Waals surface area contributed by atoms with Gasteiger partial charge in [0.25, 0.3) is 5.91 Å². The number of rotatable bonds is 3. The highest BCUT2D eigenvalue weighted by molar-refractivity contribution is 9.10. The first kappa shape index (κ1) is 19.1. The monoisotopic (exact) mass is 489 g/mol. The lowest BCUT2D eigenvalue weighted by molar-refractivity contribution is -0.121. The number of hydrogen-bond donors (Lipinski definition) is 0. The Morgan fingerprint density at radius 3 is 2.38 bits per heavy atom. The first-order valence-electron chi connectivity index (χ1n) is 10.1. The molecule has 2 amide bonds. The number of benzene rings is 3. The van der Waals surface area contributed by atoms with Crippen molar-refractivity contribution in [3.05, 3.63) is 82.8 Å². The Labute approximate surface area is 192 Å². The van der Waals surface area contributed by atoms with E-state index >= 15 is 0 Å². The molecule has 2 atom stereocenters. The highest BCUT2D eigenvalue weighted by Gasteiger charge is 2.57. The number of imide groups is 1. The van der Waals surface area contributed by atoms with E-state index in [-0.39, 0.29) is 18.6 Å². The third-order valence-electron chi connectivity index (χ3n) is 5.82. The number of carbonyl (C=O) groups excluding carboxylic acids is 2. The van der Waals surface area contributed by atoms with E-state index in [0.29, 0.717) is 22.9 Å². The van der Waals surface area contributed by atoms with Gasteiger partial charge in [-0.05, 0) is 42.0 Å². The van der Waals surface area contributed by atoms with Crippen molar-refractivity contribution >= 4 is 44.8 Å². The predicted molar refractivity (Wildman–Crippen MR) is 122 cm³/mol. The Hall–Kier alpha value is -3.65. The van der Waals surface area contributed by atoms with Gasteiger partial charge in [-0.25, -0.2) is 4.90 Å². The van der Waals surface area contributed by atoms with E-state index in [9.17, 15) is 9.59 Å². The van der Waals surface area contributed by atoms with Gasteiger partial charge < -0.3 is 9.47 Å². The molecular formula is C24H16BrN3O4. The molecule has 7 nitrogen and oxygen atoms in total. The third-order valence-corrected chi connectivity index (χ3v) is 6.35. The minimum atomic E-state index is -0.756. The molecule has 8 heteroatoms. The van der Waals surface area contributed by atoms with Gasteiger partial charge in [0.05, 0.1) is 17.1 Å². The van der Waals surface area contributed by atoms with E-state index in [0.717, 1.165) is 15.7 Å². The van der Waals surface area contributed by atoms with Crippen molar-refractivity contribution in [2.24, 2.45) is 11.0 Å². The number of amides is 2. The van der Waals surface area contributed by atoms with Crippen molar-refractivity contribution in [3.8, 4) is 11.5 Å². The highest BCUT2D eigenvalue weighted by atomic mass is 79.9. The van der Waals surface area contributed by atoms with Crippen LogP contribution < -0.4 is 19.4 Å². The molecule has 3 aliphatic heterocycles. The van der Waals surface area contributed by atoms with Crippen LogP contribution in [0.15, 0.2) is 82.4 Å². The fraction of sp³-hybridized carbons (Fsp3) is 0.125. The van der Waals surface area contributed by atoms with Crippen LogP contribution in [0.2, 0.25) is 0 Å². The Morgan fingerprint density at radius 1 is 0.844 bits per heavy atom. The maximum Gasteiger partial charge on any atom is 0.259 e. The topological polar surface area (TPSA) is 71.4 Å². The number of fused-ring (bicyclic) bond motifs is 2. The molecule has 0 aromatic heterocycles. The van der Waals surface area contributed by atoms with Crippen molar-refractivity contribution in [1.82, 2.24) is 0 Å². The van der Waals surface area contributed by atoms with Gasteiger partial charge in [-0.2, -0.15) is 5.10 Å². The van der Waals surface area contributed by atoms with Crippen LogP contribution in [0, 0.1) is 5.92 Å². The fourth-order valence-electron chi connectivity index (χ4n) is 4.35.